The third-order valence-electron chi connectivity index (χ3n) is 23.0. The molecular weight excluding hydrogens is 901 g/mol. The number of hydrogen-bond donors (Lipinski definition) is 4. The smallest absolute Gasteiger partial charge is 0.166 e. The number of aromatic hydroxyl groups is 2. The Bertz CT molecular complexity index is 3080. The van der Waals surface area contributed by atoms with Gasteiger partial charge in [-0.15, -0.1) is 0 Å². The number of fused-ring (bicyclic) bond motifs is 2. The van der Waals surface area contributed by atoms with E-state index in [1.807, 2.05) is 48.5 Å². The summed E-state index contributed by atoms with van der Waals surface area (Å²) in [6.07, 6.45) is 16.9. The summed E-state index contributed by atoms with van der Waals surface area (Å²) in [6.45, 7) is 8.54. The van der Waals surface area contributed by atoms with Gasteiger partial charge in [-0.1, -0.05) is 98.8 Å². The van der Waals surface area contributed by atoms with Gasteiger partial charge < -0.3 is 39.4 Å². The molecule has 4 spiro atoms. The fourth-order valence-electron chi connectivity index (χ4n) is 19.6. The van der Waals surface area contributed by atoms with Crippen LogP contribution < -0.4 is 9.47 Å². The maximum absolute atomic E-state index is 13.2. The maximum Gasteiger partial charge on any atom is 0.166 e. The Balaban J connectivity index is 0.789. The molecule has 0 aromatic heterocycles. The first-order valence-electron chi connectivity index (χ1n) is 27.4. The van der Waals surface area contributed by atoms with Crippen LogP contribution in [0.3, 0.4) is 0 Å². The van der Waals surface area contributed by atoms with Gasteiger partial charge in [-0.2, -0.15) is 0 Å². The van der Waals surface area contributed by atoms with E-state index in [4.69, 9.17) is 18.9 Å². The average Bonchev–Trinajstić information content (AvgIpc) is 4.34. The summed E-state index contributed by atoms with van der Waals surface area (Å²) in [5, 5.41) is 50.1. The lowest BCUT2D eigenvalue weighted by molar-refractivity contribution is -0.270. The normalized spacial score (nSPS) is 42.5. The number of phenols is 2. The van der Waals surface area contributed by atoms with Gasteiger partial charge in [-0.3, -0.25) is 9.80 Å². The lowest BCUT2D eigenvalue weighted by Gasteiger charge is -2.74. The van der Waals surface area contributed by atoms with Crippen molar-refractivity contribution in [2.24, 2.45) is 33.5 Å². The Labute approximate surface area is 422 Å². The van der Waals surface area contributed by atoms with Crippen LogP contribution in [0.5, 0.6) is 23.0 Å². The molecule has 2 saturated heterocycles. The number of methoxy groups -OCH3 is 2. The number of piperidine rings is 2. The van der Waals surface area contributed by atoms with Crippen molar-refractivity contribution < 1.29 is 39.4 Å². The van der Waals surface area contributed by atoms with Crippen molar-refractivity contribution in [3.63, 3.8) is 0 Å². The highest BCUT2D eigenvalue weighted by atomic mass is 16.6. The fourth-order valence-corrected chi connectivity index (χ4v) is 19.6. The Kier molecular flexibility index (Phi) is 8.36. The molecule has 374 valence electrons. The van der Waals surface area contributed by atoms with E-state index in [9.17, 15) is 20.4 Å². The molecular formula is C62H68N2O8. The minimum absolute atomic E-state index is 0.139. The van der Waals surface area contributed by atoms with Crippen molar-refractivity contribution in [1.82, 2.24) is 9.80 Å². The molecule has 0 unspecified atom stereocenters. The first kappa shape index (κ1) is 43.7. The third kappa shape index (κ3) is 4.68. The largest absolute Gasteiger partial charge is 0.504 e. The Morgan fingerprint density at radius 3 is 1.68 bits per heavy atom. The number of hydrogen-bond acceptors (Lipinski definition) is 10. The molecule has 4 N–H and O–H groups in total. The van der Waals surface area contributed by atoms with E-state index in [2.05, 4.69) is 72.2 Å². The second-order valence-electron chi connectivity index (χ2n) is 25.6. The summed E-state index contributed by atoms with van der Waals surface area (Å²) >= 11 is 0. The zero-order chi connectivity index (χ0) is 48.7. The Hall–Kier alpha value is -4.68. The van der Waals surface area contributed by atoms with Gasteiger partial charge in [-0.05, 0) is 129 Å². The molecule has 4 aromatic rings. The molecule has 18 rings (SSSR count). The standard InChI is InChI=1S/C62H68N2O8/c1-55(51(67)38-8-6-5-7-9-38)33-58-21-23-62(55,70-4)54-60(58)25-27-64(32-36-12-13-36)45(58)30-41-28-42(48(66)50(72-54)47(41)60)37-14-16-39(17-15-37)52(68)56(2)34-57-20-22-61(56,69-3)53-59(57)24-26-63(31-35-10-11-35)44(57)29-40-18-19-43(65)49(71-53)46(40)59/h5-9,14-23,28,35-36,44-45,51-54,65-68H,10-13,24-27,29-34H2,1-4H3/t44-,45-,51+,52-,53-,54-,55-,56-,57-,58-,59+,60+,61+,62+/m1/s1. The summed E-state index contributed by atoms with van der Waals surface area (Å²) in [4.78, 5) is 5.54. The molecule has 4 heterocycles. The van der Waals surface area contributed by atoms with E-state index in [0.717, 1.165) is 97.9 Å². The molecule has 6 fully saturated rings. The second kappa shape index (κ2) is 13.8. The molecule has 72 heavy (non-hydrogen) atoms. The molecule has 14 atom stereocenters. The van der Waals surface area contributed by atoms with Gasteiger partial charge in [0, 0.05) is 77.7 Å². The highest BCUT2D eigenvalue weighted by molar-refractivity contribution is 5.80. The highest BCUT2D eigenvalue weighted by Gasteiger charge is 2.84. The molecule has 10 heteroatoms. The number of aliphatic hydroxyl groups excluding tert-OH is 2. The van der Waals surface area contributed by atoms with Gasteiger partial charge in [0.2, 0.25) is 0 Å². The van der Waals surface area contributed by atoms with Crippen LogP contribution in [-0.4, -0.2) is 106 Å². The molecule has 10 nitrogen and oxygen atoms in total. The van der Waals surface area contributed by atoms with Crippen molar-refractivity contribution >= 4 is 0 Å². The monoisotopic (exact) mass is 968 g/mol. The lowest BCUT2D eigenvalue weighted by Crippen LogP contribution is -2.81. The van der Waals surface area contributed by atoms with E-state index in [1.54, 1.807) is 14.2 Å². The third-order valence-corrected chi connectivity index (χ3v) is 23.0. The summed E-state index contributed by atoms with van der Waals surface area (Å²) in [7, 11) is 3.55. The summed E-state index contributed by atoms with van der Waals surface area (Å²) in [5.74, 6) is 2.96. The van der Waals surface area contributed by atoms with Crippen LogP contribution in [0.1, 0.15) is 111 Å². The minimum Gasteiger partial charge on any atom is -0.504 e. The van der Waals surface area contributed by atoms with Crippen molar-refractivity contribution in [2.75, 3.05) is 40.4 Å². The molecule has 10 aliphatic carbocycles. The number of nitrogens with zero attached hydrogens (tertiary/aromatic N) is 2. The van der Waals surface area contributed by atoms with E-state index >= 15 is 0 Å². The molecule has 8 bridgehead atoms. The van der Waals surface area contributed by atoms with Crippen LogP contribution >= 0.6 is 0 Å². The lowest BCUT2D eigenvalue weighted by atomic mass is 9.33. The number of likely N-dealkylation sites (tertiary alicyclic amines) is 2. The van der Waals surface area contributed by atoms with Crippen molar-refractivity contribution in [2.45, 2.75) is 137 Å². The van der Waals surface area contributed by atoms with Crippen molar-refractivity contribution in [1.29, 1.82) is 0 Å². The molecule has 4 aromatic carbocycles. The van der Waals surface area contributed by atoms with Crippen molar-refractivity contribution in [3.05, 3.63) is 130 Å². The summed E-state index contributed by atoms with van der Waals surface area (Å²) < 4.78 is 28.2. The topological polar surface area (TPSA) is 124 Å². The zero-order valence-corrected chi connectivity index (χ0v) is 42.1. The quantitative estimate of drug-likeness (QED) is 0.108. The number of rotatable bonds is 11. The average molecular weight is 969 g/mol. The predicted molar refractivity (Wildman–Crippen MR) is 271 cm³/mol. The minimum atomic E-state index is -0.992. The van der Waals surface area contributed by atoms with E-state index in [1.165, 1.54) is 42.4 Å². The van der Waals surface area contributed by atoms with E-state index < -0.39 is 51.9 Å². The van der Waals surface area contributed by atoms with Crippen molar-refractivity contribution in [3.8, 4) is 34.1 Å². The van der Waals surface area contributed by atoms with Crippen LogP contribution in [0.15, 0.2) is 97.1 Å². The van der Waals surface area contributed by atoms with Gasteiger partial charge in [-0.25, -0.2) is 0 Å². The van der Waals surface area contributed by atoms with Crippen LogP contribution in [-0.2, 0) is 33.1 Å². The van der Waals surface area contributed by atoms with E-state index in [-0.39, 0.29) is 39.8 Å². The summed E-state index contributed by atoms with van der Waals surface area (Å²) in [6, 6.07) is 24.9. The molecule has 0 radical (unpaired) electrons. The Morgan fingerprint density at radius 1 is 0.625 bits per heavy atom. The number of aliphatic hydroxyl groups is 2. The van der Waals surface area contributed by atoms with Crippen LogP contribution in [0.4, 0.5) is 0 Å². The van der Waals surface area contributed by atoms with Gasteiger partial charge in [0.1, 0.15) is 23.4 Å². The van der Waals surface area contributed by atoms with Gasteiger partial charge >= 0.3 is 0 Å². The van der Waals surface area contributed by atoms with Crippen LogP contribution in [0.25, 0.3) is 11.1 Å². The summed E-state index contributed by atoms with van der Waals surface area (Å²) in [5.41, 5.74) is 3.04. The van der Waals surface area contributed by atoms with Gasteiger partial charge in [0.05, 0.1) is 23.0 Å². The predicted octanol–water partition coefficient (Wildman–Crippen LogP) is 9.01. The zero-order valence-electron chi connectivity index (χ0n) is 42.1. The first-order chi connectivity index (χ1) is 34.8. The fraction of sp³-hybridized carbons (Fsp3) is 0.548. The number of phenolic OH excluding ortho intramolecular Hbond substituents is 2. The molecule has 4 saturated carbocycles. The highest BCUT2D eigenvalue weighted by Crippen LogP contribution is 2.81. The molecule has 0 amide bonds. The first-order valence-corrected chi connectivity index (χ1v) is 27.4. The van der Waals surface area contributed by atoms with E-state index in [0.29, 0.717) is 17.9 Å². The maximum atomic E-state index is 13.2. The van der Waals surface area contributed by atoms with Gasteiger partial charge in [0.25, 0.3) is 0 Å². The molecule has 14 aliphatic rings. The molecule has 4 aliphatic heterocycles. The van der Waals surface area contributed by atoms with Crippen LogP contribution in [0, 0.1) is 33.5 Å². The second-order valence-corrected chi connectivity index (χ2v) is 25.6. The number of benzene rings is 4. The van der Waals surface area contributed by atoms with Crippen LogP contribution in [0.2, 0.25) is 0 Å². The van der Waals surface area contributed by atoms with Gasteiger partial charge in [0.15, 0.2) is 23.0 Å². The number of ether oxygens (including phenoxy) is 4. The SMILES string of the molecule is CO[C@]12C=C[C@@]3(C[C@]1(C)[C@H](O)c1ccc(-c4cc5c6c(c4O)O[C@H]4[C@@]7(OC)C=C[C@@]8(C[C@]7(C)[C@@H](O)c7ccccc7)[C@@H](C5)N(CC5CC5)CC[C@]648)cc1)[C@H]1Cc4ccc(O)c5c4[C@@]3(CCN1CC1CC1)[C@H]2O5. The Morgan fingerprint density at radius 2 is 1.14 bits per heavy atom.